The van der Waals surface area contributed by atoms with Gasteiger partial charge < -0.3 is 0 Å². The van der Waals surface area contributed by atoms with E-state index in [1.54, 1.807) is 0 Å². The fourth-order valence-electron chi connectivity index (χ4n) is 0.172. The van der Waals surface area contributed by atoms with Gasteiger partial charge in [-0.25, -0.2) is 0 Å². The highest BCUT2D eigenvalue weighted by molar-refractivity contribution is 14.1. The molecule has 0 atom stereocenters. The lowest BCUT2D eigenvalue weighted by atomic mass is 9.75. The molecule has 0 saturated carbocycles. The zero-order valence-corrected chi connectivity index (χ0v) is 6.82. The summed E-state index contributed by atoms with van der Waals surface area (Å²) < 4.78 is 7.78. The van der Waals surface area contributed by atoms with Crippen LogP contribution in [0.3, 0.4) is 0 Å². The van der Waals surface area contributed by atoms with E-state index in [1.807, 2.05) is 13.8 Å². The van der Waals surface area contributed by atoms with E-state index >= 15 is 0 Å². The molecule has 0 aliphatic heterocycles. The molecule has 0 heterocycles. The minimum absolute atomic E-state index is 0.0883. The molecule has 0 unspecified atom stereocenters. The summed E-state index contributed by atoms with van der Waals surface area (Å²) in [4.78, 5) is 0. The standard InChI is InChI=1S/C4H9BIN/c1-4(2,5)3-6-7/h7H,3H2,1-2H3. The summed E-state index contributed by atoms with van der Waals surface area (Å²) in [6.07, 6.45) is 0. The second-order valence-electron chi connectivity index (χ2n) is 2.26. The Kier molecular flexibility index (Phi) is 3.03. The molecule has 0 aliphatic rings. The predicted molar refractivity (Wildman–Crippen MR) is 41.4 cm³/mol. The van der Waals surface area contributed by atoms with E-state index in [0.29, 0.717) is 0 Å². The molecule has 0 bridgehead atoms. The molecule has 40 valence electrons. The quantitative estimate of drug-likeness (QED) is 0.409. The Morgan fingerprint density at radius 1 is 1.71 bits per heavy atom. The van der Waals surface area contributed by atoms with Crippen molar-refractivity contribution in [3.63, 3.8) is 0 Å². The smallest absolute Gasteiger partial charge is 0.0749 e. The van der Waals surface area contributed by atoms with Crippen molar-refractivity contribution in [3.05, 3.63) is 0 Å². The van der Waals surface area contributed by atoms with Crippen LogP contribution in [0.5, 0.6) is 0 Å². The number of hydrogen-bond donors (Lipinski definition) is 1. The second kappa shape index (κ2) is 2.79. The molecule has 2 radical (unpaired) electrons. The molecule has 1 nitrogen and oxygen atoms in total. The number of halogens is 1. The molecule has 0 spiro atoms. The maximum atomic E-state index is 6.89. The van der Waals surface area contributed by atoms with Crippen molar-refractivity contribution < 1.29 is 0 Å². The van der Waals surface area contributed by atoms with Crippen molar-refractivity contribution in [2.75, 3.05) is 4.43 Å². The van der Waals surface area contributed by atoms with Gasteiger partial charge in [0.05, 0.1) is 7.85 Å². The molecule has 0 aromatic carbocycles. The maximum Gasteiger partial charge on any atom is 0.0749 e. The van der Waals surface area contributed by atoms with Gasteiger partial charge in [0, 0.05) is 4.43 Å². The average Bonchev–Trinajstić information content (AvgIpc) is 1.30. The number of hydrogen-bond acceptors (Lipinski definition) is 1. The van der Waals surface area contributed by atoms with Gasteiger partial charge in [-0.3, -0.25) is 3.56 Å². The first-order valence-electron chi connectivity index (χ1n) is 2.10. The number of rotatable bonds is 2. The molecular weight excluding hydrogens is 200 g/mol. The van der Waals surface area contributed by atoms with E-state index < -0.39 is 0 Å². The van der Waals surface area contributed by atoms with Gasteiger partial charge in [0.25, 0.3) is 0 Å². The van der Waals surface area contributed by atoms with E-state index in [9.17, 15) is 0 Å². The van der Waals surface area contributed by atoms with Crippen LogP contribution in [0, 0.1) is 3.56 Å². The van der Waals surface area contributed by atoms with Crippen LogP contribution in [-0.2, 0) is 0 Å². The van der Waals surface area contributed by atoms with Gasteiger partial charge >= 0.3 is 0 Å². The van der Waals surface area contributed by atoms with E-state index in [2.05, 4.69) is 0 Å². The molecule has 0 fully saturated rings. The van der Waals surface area contributed by atoms with Gasteiger partial charge in [0.1, 0.15) is 0 Å². The highest BCUT2D eigenvalue weighted by atomic mass is 127. The number of nitrogens with one attached hydrogen (secondary N) is 1. The molecule has 0 aliphatic carbocycles. The monoisotopic (exact) mass is 209 g/mol. The minimum Gasteiger partial charge on any atom is -0.278 e. The average molecular weight is 209 g/mol. The normalized spacial score (nSPS) is 11.7. The molecule has 7 heavy (non-hydrogen) atoms. The first-order chi connectivity index (χ1) is 3.06. The second-order valence-corrected chi connectivity index (χ2v) is 3.78. The van der Waals surface area contributed by atoms with Gasteiger partial charge in [0.15, 0.2) is 0 Å². The fourth-order valence-corrected chi connectivity index (χ4v) is 1.16. The molecule has 3 heteroatoms. The highest BCUT2D eigenvalue weighted by Gasteiger charge is 2.05. The van der Waals surface area contributed by atoms with Crippen LogP contribution in [-0.4, -0.2) is 12.3 Å². The zero-order valence-electron chi connectivity index (χ0n) is 4.66. The van der Waals surface area contributed by atoms with Crippen LogP contribution in [0.2, 0.25) is 5.31 Å². The number of alkyl halides is 1. The Hall–Kier alpha value is 0.595. The van der Waals surface area contributed by atoms with Crippen molar-refractivity contribution in [2.45, 2.75) is 19.2 Å². The van der Waals surface area contributed by atoms with Crippen LogP contribution in [0.4, 0.5) is 0 Å². The van der Waals surface area contributed by atoms with Crippen LogP contribution >= 0.6 is 21.0 Å². The lowest BCUT2D eigenvalue weighted by Crippen LogP contribution is -2.02. The highest BCUT2D eigenvalue weighted by Crippen LogP contribution is 2.22. The van der Waals surface area contributed by atoms with Crippen molar-refractivity contribution in [1.29, 1.82) is 3.56 Å². The summed E-state index contributed by atoms with van der Waals surface area (Å²) >= 11 is -0.357. The third-order valence-electron chi connectivity index (χ3n) is 0.411. The van der Waals surface area contributed by atoms with Crippen molar-refractivity contribution >= 4 is 28.9 Å². The van der Waals surface area contributed by atoms with Gasteiger partial charge in [0.2, 0.25) is 0 Å². The third-order valence-corrected chi connectivity index (χ3v) is 2.76. The fraction of sp³-hybridized carbons (Fsp3) is 1.00. The lowest BCUT2D eigenvalue weighted by molar-refractivity contribution is 0.793. The first kappa shape index (κ1) is 7.59. The van der Waals surface area contributed by atoms with Crippen molar-refractivity contribution in [1.82, 2.24) is 0 Å². The van der Waals surface area contributed by atoms with Gasteiger partial charge in [-0.1, -0.05) is 19.2 Å². The largest absolute Gasteiger partial charge is 0.278 e. The Morgan fingerprint density at radius 3 is 2.14 bits per heavy atom. The molecule has 0 aromatic heterocycles. The van der Waals surface area contributed by atoms with E-state index in [4.69, 9.17) is 11.4 Å². The molecular formula is C4H9BIN. The molecule has 1 N–H and O–H groups in total. The summed E-state index contributed by atoms with van der Waals surface area (Å²) in [7, 11) is 5.55. The zero-order chi connectivity index (χ0) is 5.91. The summed E-state index contributed by atoms with van der Waals surface area (Å²) in [5.41, 5.74) is 0. The molecule has 0 saturated heterocycles. The summed E-state index contributed by atoms with van der Waals surface area (Å²) in [5.74, 6) is 0. The summed E-state index contributed by atoms with van der Waals surface area (Å²) in [5, 5.41) is -0.0883. The topological polar surface area (TPSA) is 23.9 Å². The summed E-state index contributed by atoms with van der Waals surface area (Å²) in [6.45, 7) is 3.92. The Balaban J connectivity index is 3.34. The van der Waals surface area contributed by atoms with Crippen LogP contribution in [0.25, 0.3) is 0 Å². The third kappa shape index (κ3) is 6.59. The Morgan fingerprint density at radius 2 is 2.14 bits per heavy atom. The van der Waals surface area contributed by atoms with E-state index in [-0.39, 0.29) is 26.3 Å². The first-order valence-corrected chi connectivity index (χ1v) is 4.70. The van der Waals surface area contributed by atoms with Gasteiger partial charge in [-0.05, 0) is 21.0 Å². The van der Waals surface area contributed by atoms with Crippen LogP contribution in [0.15, 0.2) is 0 Å². The van der Waals surface area contributed by atoms with Crippen LogP contribution in [0.1, 0.15) is 13.8 Å². The van der Waals surface area contributed by atoms with Gasteiger partial charge in [-0.2, -0.15) is 0 Å². The van der Waals surface area contributed by atoms with Crippen molar-refractivity contribution in [2.24, 2.45) is 0 Å². The maximum absolute atomic E-state index is 6.89. The molecule has 0 rings (SSSR count). The molecule has 0 amide bonds. The Labute approximate surface area is 56.2 Å². The van der Waals surface area contributed by atoms with E-state index in [1.165, 1.54) is 0 Å². The van der Waals surface area contributed by atoms with Crippen LogP contribution < -0.4 is 0 Å². The SMILES string of the molecule is [B]C(C)(C)CI=N. The Bertz CT molecular complexity index is 66.6. The lowest BCUT2D eigenvalue weighted by Gasteiger charge is -2.12. The van der Waals surface area contributed by atoms with Gasteiger partial charge in [-0.15, -0.1) is 0 Å². The predicted octanol–water partition coefficient (Wildman–Crippen LogP) is 2.09. The minimum atomic E-state index is -0.357. The summed E-state index contributed by atoms with van der Waals surface area (Å²) in [6, 6.07) is 0. The molecule has 0 aromatic rings. The van der Waals surface area contributed by atoms with E-state index in [0.717, 1.165) is 4.43 Å². The van der Waals surface area contributed by atoms with Crippen molar-refractivity contribution in [3.8, 4) is 0 Å².